The highest BCUT2D eigenvalue weighted by Gasteiger charge is 2.37. The van der Waals surface area contributed by atoms with Crippen molar-refractivity contribution in [2.45, 2.75) is 12.5 Å². The maximum absolute atomic E-state index is 11.5. The van der Waals surface area contributed by atoms with E-state index in [1.54, 1.807) is 0 Å². The smallest absolute Gasteiger partial charge is 0.322 e. The van der Waals surface area contributed by atoms with Gasteiger partial charge < -0.3 is 9.84 Å². The molecule has 0 radical (unpaired) electrons. The van der Waals surface area contributed by atoms with Gasteiger partial charge in [0.2, 0.25) is 0 Å². The molecule has 0 heterocycles. The number of carbonyl (C=O) groups is 1. The Hall–Kier alpha value is -1.95. The number of hydrogen-bond acceptors (Lipinski definition) is 5. The summed E-state index contributed by atoms with van der Waals surface area (Å²) in [6.45, 7) is 0. The molecule has 0 amide bonds. The minimum atomic E-state index is -0.952. The number of rotatable bonds is 2. The summed E-state index contributed by atoms with van der Waals surface area (Å²) in [4.78, 5) is 21.8. The third-order valence-corrected chi connectivity index (χ3v) is 2.59. The fourth-order valence-electron chi connectivity index (χ4n) is 1.89. The van der Waals surface area contributed by atoms with Crippen LogP contribution in [0, 0.1) is 10.1 Å². The SMILES string of the molecule is COc1ccc2c(c1[N+](=O)[O-])C(=O)CC2O. The van der Waals surface area contributed by atoms with Crippen molar-refractivity contribution in [3.8, 4) is 5.75 Å². The first-order chi connectivity index (χ1) is 7.56. The number of ether oxygens (including phenoxy) is 1. The zero-order valence-electron chi connectivity index (χ0n) is 8.47. The van der Waals surface area contributed by atoms with E-state index < -0.39 is 16.8 Å². The third-order valence-electron chi connectivity index (χ3n) is 2.59. The second-order valence-electron chi connectivity index (χ2n) is 3.48. The zero-order valence-corrected chi connectivity index (χ0v) is 8.47. The monoisotopic (exact) mass is 223 g/mol. The second-order valence-corrected chi connectivity index (χ2v) is 3.48. The van der Waals surface area contributed by atoms with Gasteiger partial charge in [-0.1, -0.05) is 6.07 Å². The topological polar surface area (TPSA) is 89.7 Å². The molecule has 1 atom stereocenters. The number of Topliss-reactive ketones (excluding diaryl/α,β-unsaturated/α-hetero) is 1. The molecule has 0 saturated heterocycles. The summed E-state index contributed by atoms with van der Waals surface area (Å²) in [7, 11) is 1.30. The molecule has 1 N–H and O–H groups in total. The number of ketones is 1. The molecule has 1 aliphatic carbocycles. The lowest BCUT2D eigenvalue weighted by Crippen LogP contribution is -2.02. The standard InChI is InChI=1S/C10H9NO5/c1-16-8-3-2-5-6(12)4-7(13)9(5)10(8)11(14)15/h2-3,6,12H,4H2,1H3. The number of aliphatic hydroxyl groups is 1. The molecule has 0 spiro atoms. The lowest BCUT2D eigenvalue weighted by molar-refractivity contribution is -0.386. The molecule has 84 valence electrons. The Balaban J connectivity index is 2.74. The summed E-state index contributed by atoms with van der Waals surface area (Å²) in [5, 5.41) is 20.4. The summed E-state index contributed by atoms with van der Waals surface area (Å²) < 4.78 is 4.84. The molecule has 1 aliphatic rings. The van der Waals surface area contributed by atoms with Crippen molar-refractivity contribution >= 4 is 11.5 Å². The van der Waals surface area contributed by atoms with Gasteiger partial charge in [-0.25, -0.2) is 0 Å². The Morgan fingerprint density at radius 2 is 2.25 bits per heavy atom. The van der Waals surface area contributed by atoms with E-state index in [1.165, 1.54) is 19.2 Å². The van der Waals surface area contributed by atoms with E-state index >= 15 is 0 Å². The Bertz CT molecular complexity index is 482. The molecule has 1 aromatic carbocycles. The van der Waals surface area contributed by atoms with Gasteiger partial charge in [0.15, 0.2) is 11.5 Å². The third kappa shape index (κ3) is 1.35. The van der Waals surface area contributed by atoms with Gasteiger partial charge in [-0.05, 0) is 11.6 Å². The van der Waals surface area contributed by atoms with Crippen LogP contribution in [0.5, 0.6) is 5.75 Å². The molecule has 1 unspecified atom stereocenters. The number of nitro groups is 1. The van der Waals surface area contributed by atoms with Crippen molar-refractivity contribution in [1.29, 1.82) is 0 Å². The summed E-state index contributed by atoms with van der Waals surface area (Å²) in [6, 6.07) is 2.87. The molecule has 2 rings (SSSR count). The summed E-state index contributed by atoms with van der Waals surface area (Å²) in [6.07, 6.45) is -1.06. The van der Waals surface area contributed by atoms with Gasteiger partial charge in [0, 0.05) is 6.42 Å². The van der Waals surface area contributed by atoms with Crippen LogP contribution in [0.4, 0.5) is 5.69 Å². The number of hydrogen-bond donors (Lipinski definition) is 1. The van der Waals surface area contributed by atoms with Crippen LogP contribution in [0.1, 0.15) is 28.4 Å². The first-order valence-corrected chi connectivity index (χ1v) is 4.62. The van der Waals surface area contributed by atoms with Crippen LogP contribution in [0.25, 0.3) is 0 Å². The van der Waals surface area contributed by atoms with E-state index in [0.717, 1.165) is 0 Å². The Kier molecular flexibility index (Phi) is 2.35. The Morgan fingerprint density at radius 3 is 2.81 bits per heavy atom. The van der Waals surface area contributed by atoms with Gasteiger partial charge in [0.1, 0.15) is 5.56 Å². The van der Waals surface area contributed by atoms with Crippen LogP contribution in [0.15, 0.2) is 12.1 Å². The van der Waals surface area contributed by atoms with Crippen molar-refractivity contribution in [3.05, 3.63) is 33.4 Å². The van der Waals surface area contributed by atoms with E-state index in [4.69, 9.17) is 4.74 Å². The van der Waals surface area contributed by atoms with Gasteiger partial charge in [-0.15, -0.1) is 0 Å². The minimum Gasteiger partial charge on any atom is -0.490 e. The predicted molar refractivity (Wildman–Crippen MR) is 53.6 cm³/mol. The largest absolute Gasteiger partial charge is 0.490 e. The van der Waals surface area contributed by atoms with Crippen LogP contribution in [-0.2, 0) is 0 Å². The molecular formula is C10H9NO5. The number of benzene rings is 1. The fraction of sp³-hybridized carbons (Fsp3) is 0.300. The average Bonchev–Trinajstić information content (AvgIpc) is 2.53. The highest BCUT2D eigenvalue weighted by Crippen LogP contribution is 2.41. The van der Waals surface area contributed by atoms with Crippen LogP contribution in [0.2, 0.25) is 0 Å². The van der Waals surface area contributed by atoms with E-state index in [0.29, 0.717) is 5.56 Å². The molecular weight excluding hydrogens is 214 g/mol. The summed E-state index contributed by atoms with van der Waals surface area (Å²) in [5.41, 5.74) is -0.0871. The van der Waals surface area contributed by atoms with Crippen molar-refractivity contribution in [1.82, 2.24) is 0 Å². The van der Waals surface area contributed by atoms with Gasteiger partial charge in [0.05, 0.1) is 18.1 Å². The molecule has 1 aromatic rings. The maximum atomic E-state index is 11.5. The van der Waals surface area contributed by atoms with E-state index in [9.17, 15) is 20.0 Å². The van der Waals surface area contributed by atoms with E-state index in [2.05, 4.69) is 0 Å². The number of nitrogens with zero attached hydrogens (tertiary/aromatic N) is 1. The molecule has 0 bridgehead atoms. The number of fused-ring (bicyclic) bond motifs is 1. The van der Waals surface area contributed by atoms with Gasteiger partial charge >= 0.3 is 5.69 Å². The zero-order chi connectivity index (χ0) is 11.9. The molecule has 0 saturated carbocycles. The van der Waals surface area contributed by atoms with Gasteiger partial charge in [0.25, 0.3) is 0 Å². The van der Waals surface area contributed by atoms with Crippen LogP contribution in [0.3, 0.4) is 0 Å². The highest BCUT2D eigenvalue weighted by molar-refractivity contribution is 6.05. The van der Waals surface area contributed by atoms with Gasteiger partial charge in [-0.3, -0.25) is 14.9 Å². The number of nitro benzene ring substituents is 1. The number of carbonyl (C=O) groups excluding carboxylic acids is 1. The van der Waals surface area contributed by atoms with Crippen molar-refractivity contribution in [2.24, 2.45) is 0 Å². The first-order valence-electron chi connectivity index (χ1n) is 4.62. The second kappa shape index (κ2) is 3.57. The maximum Gasteiger partial charge on any atom is 0.322 e. The number of methoxy groups -OCH3 is 1. The lowest BCUT2D eigenvalue weighted by atomic mass is 10.1. The molecule has 6 heteroatoms. The van der Waals surface area contributed by atoms with Crippen LogP contribution < -0.4 is 4.74 Å². The molecule has 0 aromatic heterocycles. The fourth-order valence-corrected chi connectivity index (χ4v) is 1.89. The molecule has 16 heavy (non-hydrogen) atoms. The van der Waals surface area contributed by atoms with Crippen molar-refractivity contribution < 1.29 is 19.6 Å². The van der Waals surface area contributed by atoms with Crippen molar-refractivity contribution in [2.75, 3.05) is 7.11 Å². The molecule has 0 aliphatic heterocycles. The van der Waals surface area contributed by atoms with E-state index in [1.807, 2.05) is 0 Å². The minimum absolute atomic E-state index is 0.0307. The van der Waals surface area contributed by atoms with Crippen molar-refractivity contribution in [3.63, 3.8) is 0 Å². The normalized spacial score (nSPS) is 18.4. The van der Waals surface area contributed by atoms with E-state index in [-0.39, 0.29) is 23.4 Å². The van der Waals surface area contributed by atoms with Crippen LogP contribution in [-0.4, -0.2) is 22.9 Å². The lowest BCUT2D eigenvalue weighted by Gasteiger charge is -2.06. The number of aliphatic hydroxyl groups excluding tert-OH is 1. The molecule has 0 fully saturated rings. The Labute approximate surface area is 90.6 Å². The summed E-state index contributed by atoms with van der Waals surface area (Å²) in [5.74, 6) is -0.390. The summed E-state index contributed by atoms with van der Waals surface area (Å²) >= 11 is 0. The first kappa shape index (κ1) is 10.6. The Morgan fingerprint density at radius 1 is 1.56 bits per heavy atom. The quantitative estimate of drug-likeness (QED) is 0.601. The highest BCUT2D eigenvalue weighted by atomic mass is 16.6. The van der Waals surface area contributed by atoms with Gasteiger partial charge in [-0.2, -0.15) is 0 Å². The van der Waals surface area contributed by atoms with Crippen LogP contribution >= 0.6 is 0 Å². The predicted octanol–water partition coefficient (Wildman–Crippen LogP) is 1.22. The average molecular weight is 223 g/mol. The molecule has 6 nitrogen and oxygen atoms in total.